The van der Waals surface area contributed by atoms with Gasteiger partial charge in [0.1, 0.15) is 9.85 Å². The van der Waals surface area contributed by atoms with Gasteiger partial charge in [0, 0.05) is 10.3 Å². The maximum Gasteiger partial charge on any atom is 0.167 e. The van der Waals surface area contributed by atoms with Crippen molar-refractivity contribution in [1.82, 2.24) is 5.16 Å². The molecule has 2 atom stereocenters. The van der Waals surface area contributed by atoms with Gasteiger partial charge in [0.2, 0.25) is 0 Å². The molecule has 0 fully saturated rings. The highest BCUT2D eigenvalue weighted by Crippen LogP contribution is 2.37. The Morgan fingerprint density at radius 3 is 2.57 bits per heavy atom. The van der Waals surface area contributed by atoms with Crippen molar-refractivity contribution >= 4 is 36.6 Å². The van der Waals surface area contributed by atoms with Crippen LogP contribution in [-0.2, 0) is 9.73 Å². The Morgan fingerprint density at radius 1 is 1.19 bits per heavy atom. The first-order chi connectivity index (χ1) is 10.00. The van der Waals surface area contributed by atoms with Gasteiger partial charge in [-0.3, -0.25) is 0 Å². The molecule has 0 aliphatic carbocycles. The minimum absolute atomic E-state index is 0.474. The summed E-state index contributed by atoms with van der Waals surface area (Å²) in [5, 5.41) is 4.75. The number of hydrogen-bond acceptors (Lipinski definition) is 4. The van der Waals surface area contributed by atoms with Crippen LogP contribution in [0, 0.1) is 11.7 Å². The maximum absolute atomic E-state index is 12.9. The van der Waals surface area contributed by atoms with Crippen LogP contribution in [0.5, 0.6) is 0 Å². The second kappa shape index (κ2) is 5.27. The Labute approximate surface area is 131 Å². The van der Waals surface area contributed by atoms with Crippen molar-refractivity contribution in [2.75, 3.05) is 0 Å². The van der Waals surface area contributed by atoms with Crippen LogP contribution < -0.4 is 0 Å². The van der Waals surface area contributed by atoms with Crippen LogP contribution in [0.2, 0.25) is 0 Å². The molecular formula is C15H13BrN2O2S. The highest BCUT2D eigenvalue weighted by atomic mass is 79.9. The van der Waals surface area contributed by atoms with E-state index in [1.165, 1.54) is 0 Å². The normalized spacial score (nSPS) is 15.7. The highest BCUT2D eigenvalue weighted by Gasteiger charge is 2.27. The summed E-state index contributed by atoms with van der Waals surface area (Å²) in [4.78, 5) is 0.474. The first-order valence-corrected chi connectivity index (χ1v) is 8.86. The molecule has 1 N–H and O–H groups in total. The molecule has 0 saturated carbocycles. The molecular weight excluding hydrogens is 352 g/mol. The number of halogens is 1. The first kappa shape index (κ1) is 14.3. The lowest BCUT2D eigenvalue weighted by Crippen LogP contribution is -2.07. The molecule has 6 heteroatoms. The van der Waals surface area contributed by atoms with Crippen molar-refractivity contribution in [3.8, 4) is 0 Å². The third kappa shape index (κ3) is 2.49. The summed E-state index contributed by atoms with van der Waals surface area (Å²) in [5.41, 5.74) is 2.18. The van der Waals surface area contributed by atoms with Gasteiger partial charge in [-0.25, -0.2) is 8.99 Å². The largest absolute Gasteiger partial charge is 0.356 e. The average molecular weight is 365 g/mol. The standard InChI is InChI=1S/C15H13BrN2O2S/c1-10-6-8-11(9-7-10)21(17,19)15(16)14-12-4-2-3-5-13(12)20-18-14/h2-9,15,17H,1H3. The summed E-state index contributed by atoms with van der Waals surface area (Å²) in [5.74, 6) is 0. The third-order valence-electron chi connectivity index (χ3n) is 3.28. The Hall–Kier alpha value is -1.66. The Kier molecular flexibility index (Phi) is 3.59. The van der Waals surface area contributed by atoms with E-state index in [1.807, 2.05) is 37.3 Å². The maximum atomic E-state index is 12.9. The predicted octanol–water partition coefficient (Wildman–Crippen LogP) is 4.64. The van der Waals surface area contributed by atoms with Crippen LogP contribution in [0.3, 0.4) is 0 Å². The number of aromatic nitrogens is 1. The molecule has 1 heterocycles. The highest BCUT2D eigenvalue weighted by molar-refractivity contribution is 9.10. The number of nitrogens with one attached hydrogen (secondary N) is 1. The fourth-order valence-electron chi connectivity index (χ4n) is 2.09. The van der Waals surface area contributed by atoms with Gasteiger partial charge in [0.15, 0.2) is 5.58 Å². The molecule has 0 aliphatic rings. The molecule has 2 unspecified atom stereocenters. The number of aryl methyl sites for hydroxylation is 1. The monoisotopic (exact) mass is 364 g/mol. The van der Waals surface area contributed by atoms with E-state index in [0.29, 0.717) is 16.2 Å². The molecule has 3 aromatic rings. The lowest BCUT2D eigenvalue weighted by atomic mass is 10.2. The van der Waals surface area contributed by atoms with E-state index in [2.05, 4.69) is 21.1 Å². The van der Waals surface area contributed by atoms with Crippen LogP contribution in [-0.4, -0.2) is 9.37 Å². The lowest BCUT2D eigenvalue weighted by Gasteiger charge is -2.12. The zero-order valence-corrected chi connectivity index (χ0v) is 13.6. The van der Waals surface area contributed by atoms with E-state index in [0.717, 1.165) is 10.9 Å². The quantitative estimate of drug-likeness (QED) is 0.688. The van der Waals surface area contributed by atoms with E-state index in [1.54, 1.807) is 18.2 Å². The van der Waals surface area contributed by atoms with Crippen LogP contribution in [0.1, 0.15) is 15.4 Å². The number of benzene rings is 2. The molecule has 0 saturated heterocycles. The SMILES string of the molecule is Cc1ccc(S(=N)(=O)C(Br)c2noc3ccccc23)cc1. The molecule has 21 heavy (non-hydrogen) atoms. The van der Waals surface area contributed by atoms with Gasteiger partial charge in [0.05, 0.1) is 9.73 Å². The van der Waals surface area contributed by atoms with Crippen LogP contribution in [0.15, 0.2) is 57.9 Å². The molecule has 0 amide bonds. The van der Waals surface area contributed by atoms with E-state index in [4.69, 9.17) is 9.30 Å². The zero-order chi connectivity index (χ0) is 15.0. The number of alkyl halides is 1. The van der Waals surface area contributed by atoms with Gasteiger partial charge in [-0.1, -0.05) is 50.9 Å². The van der Waals surface area contributed by atoms with Gasteiger partial charge >= 0.3 is 0 Å². The third-order valence-corrected chi connectivity index (χ3v) is 7.07. The number of nitrogens with zero attached hydrogens (tertiary/aromatic N) is 1. The molecule has 0 bridgehead atoms. The van der Waals surface area contributed by atoms with E-state index < -0.39 is 13.9 Å². The van der Waals surface area contributed by atoms with Crippen LogP contribution >= 0.6 is 15.9 Å². The predicted molar refractivity (Wildman–Crippen MR) is 86.0 cm³/mol. The van der Waals surface area contributed by atoms with Crippen molar-refractivity contribution in [1.29, 1.82) is 4.78 Å². The van der Waals surface area contributed by atoms with Crippen molar-refractivity contribution in [3.05, 3.63) is 59.8 Å². The van der Waals surface area contributed by atoms with Crippen LogP contribution in [0.25, 0.3) is 11.0 Å². The smallest absolute Gasteiger partial charge is 0.167 e. The molecule has 108 valence electrons. The van der Waals surface area contributed by atoms with E-state index in [-0.39, 0.29) is 0 Å². The van der Waals surface area contributed by atoms with E-state index in [9.17, 15) is 4.21 Å². The molecule has 0 aliphatic heterocycles. The van der Waals surface area contributed by atoms with Gasteiger partial charge < -0.3 is 4.52 Å². The lowest BCUT2D eigenvalue weighted by molar-refractivity contribution is 0.449. The fraction of sp³-hybridized carbons (Fsp3) is 0.133. The molecule has 1 aromatic heterocycles. The van der Waals surface area contributed by atoms with Crippen molar-refractivity contribution in [2.45, 2.75) is 16.0 Å². The fourth-order valence-corrected chi connectivity index (χ4v) is 4.33. The zero-order valence-electron chi connectivity index (χ0n) is 11.2. The summed E-state index contributed by atoms with van der Waals surface area (Å²) >= 11 is 3.38. The van der Waals surface area contributed by atoms with Gasteiger partial charge in [-0.2, -0.15) is 0 Å². The molecule has 4 nitrogen and oxygen atoms in total. The van der Waals surface area contributed by atoms with Crippen molar-refractivity contribution < 1.29 is 8.73 Å². The summed E-state index contributed by atoms with van der Waals surface area (Å²) in [7, 11) is -3.08. The van der Waals surface area contributed by atoms with Crippen LogP contribution in [0.4, 0.5) is 0 Å². The summed E-state index contributed by atoms with van der Waals surface area (Å²) in [6, 6.07) is 14.5. The minimum atomic E-state index is -3.08. The number of fused-ring (bicyclic) bond motifs is 1. The van der Waals surface area contributed by atoms with Gasteiger partial charge in [-0.15, -0.1) is 0 Å². The van der Waals surface area contributed by atoms with Gasteiger partial charge in [0.25, 0.3) is 0 Å². The average Bonchev–Trinajstić information content (AvgIpc) is 2.90. The second-order valence-electron chi connectivity index (χ2n) is 4.79. The minimum Gasteiger partial charge on any atom is -0.356 e. The summed E-state index contributed by atoms with van der Waals surface area (Å²) in [6.07, 6.45) is 0. The Bertz CT molecular complexity index is 885. The Morgan fingerprint density at radius 2 is 1.86 bits per heavy atom. The molecule has 2 aromatic carbocycles. The number of rotatable bonds is 3. The Balaban J connectivity index is 2.08. The van der Waals surface area contributed by atoms with Crippen molar-refractivity contribution in [3.63, 3.8) is 0 Å². The molecule has 0 spiro atoms. The first-order valence-electron chi connectivity index (χ1n) is 6.33. The number of para-hydroxylation sites is 1. The number of hydrogen-bond donors (Lipinski definition) is 1. The van der Waals surface area contributed by atoms with Crippen molar-refractivity contribution in [2.24, 2.45) is 0 Å². The molecule has 0 radical (unpaired) electrons. The summed E-state index contributed by atoms with van der Waals surface area (Å²) < 4.78 is 25.7. The molecule has 3 rings (SSSR count). The summed E-state index contributed by atoms with van der Waals surface area (Å²) in [6.45, 7) is 1.95. The van der Waals surface area contributed by atoms with Gasteiger partial charge in [-0.05, 0) is 31.2 Å². The topological polar surface area (TPSA) is 67.0 Å². The second-order valence-corrected chi connectivity index (χ2v) is 8.46. The van der Waals surface area contributed by atoms with E-state index >= 15 is 0 Å².